The Hall–Kier alpha value is -2.20. The number of halogens is 6. The van der Waals surface area contributed by atoms with E-state index in [1.165, 1.54) is 6.92 Å². The van der Waals surface area contributed by atoms with Gasteiger partial charge in [-0.1, -0.05) is 0 Å². The lowest BCUT2D eigenvalue weighted by Gasteiger charge is -2.16. The molecule has 0 fully saturated rings. The van der Waals surface area contributed by atoms with Crippen molar-refractivity contribution in [3.05, 3.63) is 17.3 Å². The second-order valence-corrected chi connectivity index (χ2v) is 3.66. The first-order valence-electron chi connectivity index (χ1n) is 5.58. The van der Waals surface area contributed by atoms with E-state index in [1.54, 1.807) is 0 Å². The highest BCUT2D eigenvalue weighted by Crippen LogP contribution is 2.38. The summed E-state index contributed by atoms with van der Waals surface area (Å²) < 4.78 is 87.3. The number of hydrogen-bond donors (Lipinski definition) is 0. The number of alkyl halides is 6. The van der Waals surface area contributed by atoms with Gasteiger partial charge in [0.15, 0.2) is 11.4 Å². The highest BCUT2D eigenvalue weighted by Gasteiger charge is 2.41. The quantitative estimate of drug-likeness (QED) is 0.626. The van der Waals surface area contributed by atoms with Crippen molar-refractivity contribution < 1.29 is 45.3 Å². The number of aromatic nitrogens is 1. The fourth-order valence-corrected chi connectivity index (χ4v) is 1.39. The van der Waals surface area contributed by atoms with Gasteiger partial charge in [0.25, 0.3) is 5.88 Å². The van der Waals surface area contributed by atoms with Crippen molar-refractivity contribution in [1.82, 2.24) is 4.98 Å². The molecule has 1 heterocycles. The second-order valence-electron chi connectivity index (χ2n) is 3.66. The van der Waals surface area contributed by atoms with Crippen LogP contribution in [0, 0.1) is 0 Å². The Morgan fingerprint density at radius 3 is 2.23 bits per heavy atom. The van der Waals surface area contributed by atoms with E-state index in [2.05, 4.69) is 19.2 Å². The van der Waals surface area contributed by atoms with Crippen LogP contribution in [0.3, 0.4) is 0 Å². The first kappa shape index (κ1) is 17.9. The third-order valence-electron chi connectivity index (χ3n) is 2.15. The van der Waals surface area contributed by atoms with Crippen molar-refractivity contribution in [2.24, 2.45) is 0 Å². The molecule has 0 aromatic carbocycles. The number of nitrogens with zero attached hydrogens (tertiary/aromatic N) is 1. The molecular formula is C11H9F6NO4. The zero-order valence-corrected chi connectivity index (χ0v) is 11.1. The van der Waals surface area contributed by atoms with Crippen LogP contribution in [-0.2, 0) is 10.9 Å². The minimum atomic E-state index is -5.28. The van der Waals surface area contributed by atoms with Gasteiger partial charge in [-0.25, -0.2) is 9.78 Å². The number of pyridine rings is 1. The predicted octanol–water partition coefficient (Wildman–Crippen LogP) is 3.18. The lowest BCUT2D eigenvalue weighted by atomic mass is 10.1. The van der Waals surface area contributed by atoms with Gasteiger partial charge in [-0.2, -0.15) is 13.2 Å². The number of ether oxygens (including phenoxy) is 3. The van der Waals surface area contributed by atoms with Crippen molar-refractivity contribution >= 4 is 5.97 Å². The minimum absolute atomic E-state index is 0.237. The predicted molar refractivity (Wildman–Crippen MR) is 58.4 cm³/mol. The monoisotopic (exact) mass is 333 g/mol. The van der Waals surface area contributed by atoms with Gasteiger partial charge in [0, 0.05) is 6.07 Å². The maximum absolute atomic E-state index is 12.8. The third-order valence-corrected chi connectivity index (χ3v) is 2.15. The number of carbonyl (C=O) groups excluding carboxylic acids is 1. The van der Waals surface area contributed by atoms with Gasteiger partial charge in [0.1, 0.15) is 0 Å². The number of esters is 1. The zero-order chi connectivity index (χ0) is 17.1. The standard InChI is InChI=1S/C11H9F6NO4/c1-3-21-9(19)5-4-6(20-2)8(22-11(15,16)17)18-7(5)10(12,13)14/h4H,3H2,1-2H3. The van der Waals surface area contributed by atoms with Gasteiger partial charge < -0.3 is 14.2 Å². The molecule has 11 heteroatoms. The van der Waals surface area contributed by atoms with E-state index < -0.39 is 41.4 Å². The van der Waals surface area contributed by atoms with Crippen LogP contribution in [0.25, 0.3) is 0 Å². The van der Waals surface area contributed by atoms with Crippen LogP contribution in [0.1, 0.15) is 23.0 Å². The fourth-order valence-electron chi connectivity index (χ4n) is 1.39. The van der Waals surface area contributed by atoms with Crippen LogP contribution in [0.2, 0.25) is 0 Å². The summed E-state index contributed by atoms with van der Waals surface area (Å²) in [7, 11) is 0.877. The summed E-state index contributed by atoms with van der Waals surface area (Å²) in [4.78, 5) is 14.2. The van der Waals surface area contributed by atoms with Crippen molar-refractivity contribution in [1.29, 1.82) is 0 Å². The first-order valence-corrected chi connectivity index (χ1v) is 5.58. The lowest BCUT2D eigenvalue weighted by molar-refractivity contribution is -0.276. The highest BCUT2D eigenvalue weighted by molar-refractivity contribution is 5.91. The van der Waals surface area contributed by atoms with Gasteiger partial charge in [0.05, 0.1) is 19.3 Å². The van der Waals surface area contributed by atoms with E-state index in [0.717, 1.165) is 7.11 Å². The molecule has 0 unspecified atom stereocenters. The average molecular weight is 333 g/mol. The Bertz CT molecular complexity index is 555. The second kappa shape index (κ2) is 6.28. The molecule has 0 spiro atoms. The van der Waals surface area contributed by atoms with Crippen LogP contribution >= 0.6 is 0 Å². The maximum Gasteiger partial charge on any atom is 0.574 e. The summed E-state index contributed by atoms with van der Waals surface area (Å²) in [6.45, 7) is 1.11. The Morgan fingerprint density at radius 1 is 1.23 bits per heavy atom. The molecule has 124 valence electrons. The van der Waals surface area contributed by atoms with E-state index in [9.17, 15) is 31.1 Å². The SMILES string of the molecule is CCOC(=O)c1cc(OC)c(OC(F)(F)F)nc1C(F)(F)F. The molecule has 0 bridgehead atoms. The van der Waals surface area contributed by atoms with E-state index in [0.29, 0.717) is 6.07 Å². The summed E-state index contributed by atoms with van der Waals surface area (Å²) in [5, 5.41) is 0. The van der Waals surface area contributed by atoms with Crippen molar-refractivity contribution in [2.45, 2.75) is 19.5 Å². The van der Waals surface area contributed by atoms with E-state index in [4.69, 9.17) is 0 Å². The third kappa shape index (κ3) is 4.40. The fraction of sp³-hybridized carbons (Fsp3) is 0.455. The normalized spacial score (nSPS) is 12.0. The Balaban J connectivity index is 3.49. The molecule has 0 amide bonds. The van der Waals surface area contributed by atoms with E-state index in [1.807, 2.05) is 0 Å². The summed E-state index contributed by atoms with van der Waals surface area (Å²) in [6, 6.07) is 0.425. The topological polar surface area (TPSA) is 57.7 Å². The van der Waals surface area contributed by atoms with Crippen molar-refractivity contribution in [3.63, 3.8) is 0 Å². The zero-order valence-electron chi connectivity index (χ0n) is 11.1. The Kier molecular flexibility index (Phi) is 5.09. The Morgan fingerprint density at radius 2 is 1.82 bits per heavy atom. The largest absolute Gasteiger partial charge is 0.574 e. The van der Waals surface area contributed by atoms with Gasteiger partial charge in [-0.3, -0.25) is 0 Å². The molecule has 0 saturated carbocycles. The maximum atomic E-state index is 12.8. The minimum Gasteiger partial charge on any atom is -0.491 e. The molecule has 22 heavy (non-hydrogen) atoms. The molecule has 1 aromatic rings. The van der Waals surface area contributed by atoms with Gasteiger partial charge in [-0.05, 0) is 6.92 Å². The van der Waals surface area contributed by atoms with Crippen LogP contribution in [0.5, 0.6) is 11.6 Å². The molecule has 0 atom stereocenters. The van der Waals surface area contributed by atoms with E-state index in [-0.39, 0.29) is 6.61 Å². The van der Waals surface area contributed by atoms with Gasteiger partial charge in [0.2, 0.25) is 0 Å². The van der Waals surface area contributed by atoms with Gasteiger partial charge in [-0.15, -0.1) is 13.2 Å². The molecule has 1 aromatic heterocycles. The molecule has 0 aliphatic rings. The average Bonchev–Trinajstić information content (AvgIpc) is 2.35. The van der Waals surface area contributed by atoms with Crippen LogP contribution in [0.4, 0.5) is 26.3 Å². The lowest BCUT2D eigenvalue weighted by Crippen LogP contribution is -2.22. The number of rotatable bonds is 4. The van der Waals surface area contributed by atoms with E-state index >= 15 is 0 Å². The highest BCUT2D eigenvalue weighted by atomic mass is 19.4. The molecule has 0 radical (unpaired) electrons. The molecule has 0 aliphatic heterocycles. The van der Waals surface area contributed by atoms with Crippen LogP contribution < -0.4 is 9.47 Å². The number of carbonyl (C=O) groups is 1. The van der Waals surface area contributed by atoms with Crippen LogP contribution in [-0.4, -0.2) is 31.0 Å². The molecular weight excluding hydrogens is 324 g/mol. The molecule has 5 nitrogen and oxygen atoms in total. The summed E-state index contributed by atoms with van der Waals surface area (Å²) in [6.07, 6.45) is -10.5. The summed E-state index contributed by atoms with van der Waals surface area (Å²) >= 11 is 0. The van der Waals surface area contributed by atoms with Crippen LogP contribution in [0.15, 0.2) is 6.07 Å². The molecule has 0 saturated heterocycles. The first-order chi connectivity index (χ1) is 9.99. The Labute approximate surface area is 119 Å². The molecule has 0 aliphatic carbocycles. The number of methoxy groups -OCH3 is 1. The number of hydrogen-bond acceptors (Lipinski definition) is 5. The summed E-state index contributed by atoms with van der Waals surface area (Å²) in [5.41, 5.74) is -2.95. The van der Waals surface area contributed by atoms with Crippen molar-refractivity contribution in [2.75, 3.05) is 13.7 Å². The summed E-state index contributed by atoms with van der Waals surface area (Å²) in [5.74, 6) is -3.66. The van der Waals surface area contributed by atoms with Gasteiger partial charge >= 0.3 is 18.5 Å². The molecule has 0 N–H and O–H groups in total. The van der Waals surface area contributed by atoms with Crippen molar-refractivity contribution in [3.8, 4) is 11.6 Å². The molecule has 1 rings (SSSR count). The smallest absolute Gasteiger partial charge is 0.491 e.